The van der Waals surface area contributed by atoms with Crippen molar-refractivity contribution >= 4 is 21.7 Å². The van der Waals surface area contributed by atoms with E-state index in [1.54, 1.807) is 0 Å². The zero-order chi connectivity index (χ0) is 14.1. The van der Waals surface area contributed by atoms with E-state index in [-0.39, 0.29) is 0 Å². The maximum Gasteiger partial charge on any atom is 0.240 e. The predicted octanol–water partition coefficient (Wildman–Crippen LogP) is 4.30. The van der Waals surface area contributed by atoms with E-state index in [2.05, 4.69) is 40.5 Å². The van der Waals surface area contributed by atoms with Gasteiger partial charge in [-0.2, -0.15) is 0 Å². The van der Waals surface area contributed by atoms with Crippen LogP contribution in [0.4, 0.5) is 0 Å². The molecule has 21 heavy (non-hydrogen) atoms. The molecule has 0 saturated heterocycles. The zero-order valence-electron chi connectivity index (χ0n) is 11.4. The molecule has 0 atom stereocenters. The normalized spacial score (nSPS) is 11.0. The number of hydrogen-bond donors (Lipinski definition) is 1. The van der Waals surface area contributed by atoms with Crippen molar-refractivity contribution in [2.24, 2.45) is 0 Å². The predicted molar refractivity (Wildman–Crippen MR) is 84.4 cm³/mol. The lowest BCUT2D eigenvalue weighted by molar-refractivity contribution is 0.297. The second kappa shape index (κ2) is 4.94. The van der Waals surface area contributed by atoms with Gasteiger partial charge in [-0.05, 0) is 34.5 Å². The summed E-state index contributed by atoms with van der Waals surface area (Å²) in [4.78, 5) is 0. The van der Waals surface area contributed by atoms with Gasteiger partial charge < -0.3 is 4.74 Å². The highest BCUT2D eigenvalue weighted by Gasteiger charge is 2.06. The summed E-state index contributed by atoms with van der Waals surface area (Å²) in [6.45, 7) is 0.514. The molecule has 0 bridgehead atoms. The summed E-state index contributed by atoms with van der Waals surface area (Å²) in [6.07, 6.45) is 0. The Bertz CT molecular complexity index is 911. The van der Waals surface area contributed by atoms with Crippen LogP contribution in [0.15, 0.2) is 66.7 Å². The maximum absolute atomic E-state index is 5.85. The molecule has 4 aromatic rings. The summed E-state index contributed by atoms with van der Waals surface area (Å²) < 4.78 is 5.85. The summed E-state index contributed by atoms with van der Waals surface area (Å²) in [7, 11) is 0. The average Bonchev–Trinajstić information content (AvgIpc) is 2.96. The van der Waals surface area contributed by atoms with Gasteiger partial charge in [0.15, 0.2) is 0 Å². The number of benzene rings is 3. The van der Waals surface area contributed by atoms with E-state index in [0.29, 0.717) is 12.5 Å². The van der Waals surface area contributed by atoms with E-state index < -0.39 is 0 Å². The number of rotatable bonds is 3. The van der Waals surface area contributed by atoms with Crippen LogP contribution >= 0.6 is 0 Å². The third-order valence-corrected chi connectivity index (χ3v) is 3.62. The number of para-hydroxylation sites is 1. The second-order valence-corrected chi connectivity index (χ2v) is 5.04. The Morgan fingerprint density at radius 3 is 2.62 bits per heavy atom. The Morgan fingerprint density at radius 2 is 1.67 bits per heavy atom. The standard InChI is InChI=1S/C18H14N2O/c1-2-6-15-11-13(9-10-14(15)5-1)12-21-18-16-7-3-4-8-17(16)19-20-18/h1-11H,12H2,(H,19,20). The monoisotopic (exact) mass is 274 g/mol. The van der Waals surface area contributed by atoms with E-state index in [0.717, 1.165) is 16.5 Å². The van der Waals surface area contributed by atoms with Gasteiger partial charge in [-0.25, -0.2) is 0 Å². The molecule has 1 aromatic heterocycles. The van der Waals surface area contributed by atoms with Crippen LogP contribution in [-0.2, 0) is 6.61 Å². The fraction of sp³-hybridized carbons (Fsp3) is 0.0556. The quantitative estimate of drug-likeness (QED) is 0.605. The minimum absolute atomic E-state index is 0.514. The Hall–Kier alpha value is -2.81. The summed E-state index contributed by atoms with van der Waals surface area (Å²) in [5, 5.41) is 10.7. The number of aromatic nitrogens is 2. The van der Waals surface area contributed by atoms with Crippen molar-refractivity contribution in [1.29, 1.82) is 0 Å². The first-order chi connectivity index (χ1) is 10.4. The molecule has 0 radical (unpaired) electrons. The van der Waals surface area contributed by atoms with Gasteiger partial charge in [-0.3, -0.25) is 5.10 Å². The van der Waals surface area contributed by atoms with E-state index in [1.807, 2.05) is 36.4 Å². The van der Waals surface area contributed by atoms with E-state index in [9.17, 15) is 0 Å². The first-order valence-corrected chi connectivity index (χ1v) is 6.94. The van der Waals surface area contributed by atoms with Crippen molar-refractivity contribution in [2.45, 2.75) is 6.61 Å². The molecule has 3 aromatic carbocycles. The maximum atomic E-state index is 5.85. The van der Waals surface area contributed by atoms with E-state index in [4.69, 9.17) is 4.74 Å². The Labute approximate surface area is 122 Å². The lowest BCUT2D eigenvalue weighted by Gasteiger charge is -2.05. The van der Waals surface area contributed by atoms with Gasteiger partial charge in [0, 0.05) is 0 Å². The van der Waals surface area contributed by atoms with Crippen molar-refractivity contribution in [2.75, 3.05) is 0 Å². The number of hydrogen-bond acceptors (Lipinski definition) is 2. The second-order valence-electron chi connectivity index (χ2n) is 5.04. The molecule has 0 aliphatic rings. The molecule has 0 aliphatic carbocycles. The third kappa shape index (κ3) is 2.23. The van der Waals surface area contributed by atoms with Crippen LogP contribution in [0, 0.1) is 0 Å². The first-order valence-electron chi connectivity index (χ1n) is 6.94. The van der Waals surface area contributed by atoms with Gasteiger partial charge in [0.05, 0.1) is 10.9 Å². The van der Waals surface area contributed by atoms with Crippen LogP contribution in [0.3, 0.4) is 0 Å². The van der Waals surface area contributed by atoms with Gasteiger partial charge in [-0.15, -0.1) is 5.10 Å². The molecule has 3 heteroatoms. The molecule has 0 unspecified atom stereocenters. The van der Waals surface area contributed by atoms with E-state index >= 15 is 0 Å². The molecule has 3 nitrogen and oxygen atoms in total. The fourth-order valence-corrected chi connectivity index (χ4v) is 2.53. The minimum Gasteiger partial charge on any atom is -0.471 e. The molecular weight excluding hydrogens is 260 g/mol. The lowest BCUT2D eigenvalue weighted by Crippen LogP contribution is -1.96. The molecule has 4 rings (SSSR count). The number of H-pyrrole nitrogens is 1. The minimum atomic E-state index is 0.514. The summed E-state index contributed by atoms with van der Waals surface area (Å²) >= 11 is 0. The number of nitrogens with one attached hydrogen (secondary N) is 1. The number of fused-ring (bicyclic) bond motifs is 2. The molecule has 0 spiro atoms. The van der Waals surface area contributed by atoms with Gasteiger partial charge in [0.1, 0.15) is 6.61 Å². The van der Waals surface area contributed by atoms with Crippen molar-refractivity contribution in [1.82, 2.24) is 10.2 Å². The van der Waals surface area contributed by atoms with Crippen LogP contribution in [0.5, 0.6) is 5.88 Å². The molecule has 1 N–H and O–H groups in total. The molecule has 1 heterocycles. The van der Waals surface area contributed by atoms with Gasteiger partial charge in [0.2, 0.25) is 5.88 Å². The van der Waals surface area contributed by atoms with Crippen LogP contribution < -0.4 is 4.74 Å². The topological polar surface area (TPSA) is 37.9 Å². The molecule has 0 saturated carbocycles. The summed E-state index contributed by atoms with van der Waals surface area (Å²) in [5.41, 5.74) is 2.13. The van der Waals surface area contributed by atoms with E-state index in [1.165, 1.54) is 10.8 Å². The molecule has 0 aliphatic heterocycles. The highest BCUT2D eigenvalue weighted by Crippen LogP contribution is 2.23. The van der Waals surface area contributed by atoms with Crippen LogP contribution in [0.2, 0.25) is 0 Å². The van der Waals surface area contributed by atoms with Gasteiger partial charge in [-0.1, -0.05) is 48.5 Å². The molecule has 0 fully saturated rings. The smallest absolute Gasteiger partial charge is 0.240 e. The lowest BCUT2D eigenvalue weighted by atomic mass is 10.1. The highest BCUT2D eigenvalue weighted by atomic mass is 16.5. The van der Waals surface area contributed by atoms with Crippen molar-refractivity contribution in [3.63, 3.8) is 0 Å². The van der Waals surface area contributed by atoms with Crippen molar-refractivity contribution in [3.05, 3.63) is 72.3 Å². The molecular formula is C18H14N2O. The number of nitrogens with zero attached hydrogens (tertiary/aromatic N) is 1. The summed E-state index contributed by atoms with van der Waals surface area (Å²) in [6, 6.07) is 22.7. The molecule has 0 amide bonds. The van der Waals surface area contributed by atoms with Gasteiger partial charge >= 0.3 is 0 Å². The Morgan fingerprint density at radius 1 is 0.857 bits per heavy atom. The SMILES string of the molecule is c1ccc2cc(COc3n[nH]c4ccccc34)ccc2c1. The van der Waals surface area contributed by atoms with Crippen LogP contribution in [-0.4, -0.2) is 10.2 Å². The fourth-order valence-electron chi connectivity index (χ4n) is 2.53. The van der Waals surface area contributed by atoms with Crippen LogP contribution in [0.1, 0.15) is 5.56 Å². The van der Waals surface area contributed by atoms with Crippen molar-refractivity contribution < 1.29 is 4.74 Å². The molecule has 102 valence electrons. The zero-order valence-corrected chi connectivity index (χ0v) is 11.4. The largest absolute Gasteiger partial charge is 0.471 e. The number of ether oxygens (including phenoxy) is 1. The Balaban J connectivity index is 1.60. The number of aromatic amines is 1. The highest BCUT2D eigenvalue weighted by molar-refractivity contribution is 5.84. The third-order valence-electron chi connectivity index (χ3n) is 3.62. The first kappa shape index (κ1) is 12.0. The average molecular weight is 274 g/mol. The van der Waals surface area contributed by atoms with Crippen LogP contribution in [0.25, 0.3) is 21.7 Å². The van der Waals surface area contributed by atoms with Crippen molar-refractivity contribution in [3.8, 4) is 5.88 Å². The summed E-state index contributed by atoms with van der Waals surface area (Å²) in [5.74, 6) is 0.652. The van der Waals surface area contributed by atoms with Gasteiger partial charge in [0.25, 0.3) is 0 Å². The Kier molecular flexibility index (Phi) is 2.82.